The van der Waals surface area contributed by atoms with Crippen LogP contribution in [-0.2, 0) is 11.2 Å². The summed E-state index contributed by atoms with van der Waals surface area (Å²) < 4.78 is 34.3. The second-order valence-electron chi connectivity index (χ2n) is 7.44. The Morgan fingerprint density at radius 1 is 1.03 bits per heavy atom. The fourth-order valence-corrected chi connectivity index (χ4v) is 3.92. The molecule has 0 saturated heterocycles. The fraction of sp³-hybridized carbons (Fsp3) is 0.120. The minimum atomic E-state index is -0.738. The van der Waals surface area contributed by atoms with E-state index in [0.29, 0.717) is 33.6 Å². The molecule has 0 spiro atoms. The Labute approximate surface area is 193 Å². The van der Waals surface area contributed by atoms with Crippen LogP contribution >= 0.6 is 11.6 Å². The Morgan fingerprint density at radius 3 is 2.42 bits per heavy atom. The average molecular weight is 468 g/mol. The van der Waals surface area contributed by atoms with E-state index in [4.69, 9.17) is 16.3 Å². The first-order chi connectivity index (χ1) is 15.8. The zero-order valence-electron chi connectivity index (χ0n) is 17.8. The Balaban J connectivity index is 1.77. The summed E-state index contributed by atoms with van der Waals surface area (Å²) in [5.41, 5.74) is 1.90. The Kier molecular flexibility index (Phi) is 6.16. The van der Waals surface area contributed by atoms with Crippen LogP contribution in [0.2, 0.25) is 5.02 Å². The lowest BCUT2D eigenvalue weighted by Crippen LogP contribution is -2.17. The molecular formula is C25H19ClF2N2O3. The van der Waals surface area contributed by atoms with Crippen LogP contribution in [0.25, 0.3) is 10.9 Å². The van der Waals surface area contributed by atoms with E-state index >= 15 is 0 Å². The van der Waals surface area contributed by atoms with Crippen molar-refractivity contribution in [3.63, 3.8) is 0 Å². The first-order valence-corrected chi connectivity index (χ1v) is 10.4. The number of aromatic nitrogens is 1. The summed E-state index contributed by atoms with van der Waals surface area (Å²) in [5.74, 6) is -1.53. The van der Waals surface area contributed by atoms with Crippen LogP contribution in [0.15, 0.2) is 60.7 Å². The van der Waals surface area contributed by atoms with Gasteiger partial charge in [-0.05, 0) is 73.2 Å². The number of anilines is 1. The van der Waals surface area contributed by atoms with Crippen LogP contribution in [0.1, 0.15) is 21.6 Å². The van der Waals surface area contributed by atoms with Crippen LogP contribution in [0, 0.1) is 18.6 Å². The van der Waals surface area contributed by atoms with Crippen molar-refractivity contribution in [3.8, 4) is 5.75 Å². The monoisotopic (exact) mass is 467 g/mol. The molecule has 168 valence electrons. The van der Waals surface area contributed by atoms with Gasteiger partial charge < -0.3 is 10.1 Å². The van der Waals surface area contributed by atoms with Gasteiger partial charge in [0.1, 0.15) is 17.4 Å². The summed E-state index contributed by atoms with van der Waals surface area (Å²) in [6.45, 7) is 1.69. The van der Waals surface area contributed by atoms with Crippen molar-refractivity contribution < 1.29 is 23.1 Å². The number of methoxy groups -OCH3 is 1. The number of halogens is 3. The molecule has 0 aliphatic heterocycles. The van der Waals surface area contributed by atoms with Crippen molar-refractivity contribution in [3.05, 3.63) is 94.1 Å². The molecule has 0 fully saturated rings. The molecule has 4 aromatic rings. The molecule has 1 N–H and O–H groups in total. The number of fused-ring (bicyclic) bond motifs is 1. The van der Waals surface area contributed by atoms with E-state index < -0.39 is 17.5 Å². The van der Waals surface area contributed by atoms with E-state index in [9.17, 15) is 18.4 Å². The number of benzene rings is 3. The molecule has 1 amide bonds. The molecule has 3 aromatic carbocycles. The van der Waals surface area contributed by atoms with E-state index in [2.05, 4.69) is 5.32 Å². The molecule has 33 heavy (non-hydrogen) atoms. The topological polar surface area (TPSA) is 60.3 Å². The third-order valence-corrected chi connectivity index (χ3v) is 5.61. The van der Waals surface area contributed by atoms with E-state index in [1.54, 1.807) is 25.1 Å². The van der Waals surface area contributed by atoms with E-state index in [-0.39, 0.29) is 22.9 Å². The highest BCUT2D eigenvalue weighted by Gasteiger charge is 2.23. The average Bonchev–Trinajstić information content (AvgIpc) is 3.05. The highest BCUT2D eigenvalue weighted by atomic mass is 35.5. The van der Waals surface area contributed by atoms with Crippen molar-refractivity contribution in [2.45, 2.75) is 13.3 Å². The number of nitrogens with zero attached hydrogens (tertiary/aromatic N) is 1. The molecule has 0 aliphatic carbocycles. The van der Waals surface area contributed by atoms with Crippen molar-refractivity contribution in [2.75, 3.05) is 12.4 Å². The largest absolute Gasteiger partial charge is 0.497 e. The van der Waals surface area contributed by atoms with Crippen LogP contribution in [0.5, 0.6) is 5.75 Å². The fourth-order valence-electron chi connectivity index (χ4n) is 3.76. The minimum absolute atomic E-state index is 0.0593. The summed E-state index contributed by atoms with van der Waals surface area (Å²) >= 11 is 5.83. The summed E-state index contributed by atoms with van der Waals surface area (Å²) in [5, 5.41) is 3.53. The number of rotatable bonds is 5. The molecule has 8 heteroatoms. The Morgan fingerprint density at radius 2 is 1.76 bits per heavy atom. The van der Waals surface area contributed by atoms with Gasteiger partial charge in [-0.15, -0.1) is 0 Å². The SMILES string of the molecule is COc1ccc2c(c1)c(CC(=O)Nc1ccc(F)cc1)c(C)n2C(=O)c1ccc(Cl)cc1[18F]. The third kappa shape index (κ3) is 4.45. The maximum Gasteiger partial charge on any atom is 0.265 e. The zero-order chi connectivity index (χ0) is 23.7. The van der Waals surface area contributed by atoms with Gasteiger partial charge in [0.2, 0.25) is 5.91 Å². The van der Waals surface area contributed by atoms with Gasteiger partial charge in [0.25, 0.3) is 5.91 Å². The van der Waals surface area contributed by atoms with Crippen molar-refractivity contribution in [1.82, 2.24) is 4.57 Å². The molecule has 1 heterocycles. The van der Waals surface area contributed by atoms with Gasteiger partial charge >= 0.3 is 0 Å². The molecule has 0 unspecified atom stereocenters. The smallest absolute Gasteiger partial charge is 0.265 e. The van der Waals surface area contributed by atoms with E-state index in [1.807, 2.05) is 0 Å². The maximum atomic E-state index is 14.5. The van der Waals surface area contributed by atoms with Crippen LogP contribution in [0.4, 0.5) is 14.5 Å². The second kappa shape index (κ2) is 9.03. The predicted octanol–water partition coefficient (Wildman–Crippen LogP) is 5.76. The lowest BCUT2D eigenvalue weighted by Gasteiger charge is -2.09. The molecular weight excluding hydrogens is 449 g/mol. The maximum absolute atomic E-state index is 14.5. The first-order valence-electron chi connectivity index (χ1n) is 10.0. The number of hydrogen-bond donors (Lipinski definition) is 1. The molecule has 1 aromatic heterocycles. The summed E-state index contributed by atoms with van der Waals surface area (Å²) in [6, 6.07) is 14.4. The van der Waals surface area contributed by atoms with Gasteiger partial charge in [0, 0.05) is 21.8 Å². The van der Waals surface area contributed by atoms with Gasteiger partial charge in [-0.1, -0.05) is 11.6 Å². The van der Waals surface area contributed by atoms with Gasteiger partial charge in [-0.3, -0.25) is 14.2 Å². The molecule has 4 rings (SSSR count). The molecule has 5 nitrogen and oxygen atoms in total. The van der Waals surface area contributed by atoms with Gasteiger partial charge in [-0.2, -0.15) is 0 Å². The normalized spacial score (nSPS) is 10.9. The van der Waals surface area contributed by atoms with Gasteiger partial charge in [-0.25, -0.2) is 8.78 Å². The highest BCUT2D eigenvalue weighted by Crippen LogP contribution is 2.31. The first kappa shape index (κ1) is 22.5. The van der Waals surface area contributed by atoms with Crippen molar-refractivity contribution in [2.24, 2.45) is 0 Å². The van der Waals surface area contributed by atoms with Gasteiger partial charge in [0.05, 0.1) is 24.6 Å². The summed E-state index contributed by atoms with van der Waals surface area (Å²) in [6.07, 6.45) is -0.0593. The number of carbonyl (C=O) groups excluding carboxylic acids is 2. The number of ether oxygens (including phenoxy) is 1. The van der Waals surface area contributed by atoms with Gasteiger partial charge in [0.15, 0.2) is 0 Å². The van der Waals surface area contributed by atoms with Crippen LogP contribution < -0.4 is 10.1 Å². The lowest BCUT2D eigenvalue weighted by molar-refractivity contribution is -0.115. The Hall–Kier alpha value is -3.71. The van der Waals surface area contributed by atoms with Crippen molar-refractivity contribution in [1.29, 1.82) is 0 Å². The number of amides is 1. The molecule has 0 aliphatic rings. The molecule has 0 radical (unpaired) electrons. The highest BCUT2D eigenvalue weighted by molar-refractivity contribution is 6.30. The lowest BCUT2D eigenvalue weighted by atomic mass is 10.1. The van der Waals surface area contributed by atoms with E-state index in [1.165, 1.54) is 48.1 Å². The summed E-state index contributed by atoms with van der Waals surface area (Å²) in [7, 11) is 1.51. The number of hydrogen-bond acceptors (Lipinski definition) is 3. The number of nitrogens with one attached hydrogen (secondary N) is 1. The molecule has 0 bridgehead atoms. The summed E-state index contributed by atoms with van der Waals surface area (Å²) in [4.78, 5) is 26.1. The quantitative estimate of drug-likeness (QED) is 0.406. The zero-order valence-corrected chi connectivity index (χ0v) is 18.5. The minimum Gasteiger partial charge on any atom is -0.497 e. The number of carbonyl (C=O) groups is 2. The van der Waals surface area contributed by atoms with E-state index in [0.717, 1.165) is 6.07 Å². The standard InChI is InChI=1S/C25H19ClF2N2O3/c1-14-20(13-24(31)29-17-6-4-16(27)5-7-17)21-12-18(33-2)8-10-23(21)30(14)25(32)19-9-3-15(26)11-22(19)28/h3-12H,13H2,1-2H3,(H,29,31)/i28-1. The van der Waals surface area contributed by atoms with Crippen LogP contribution in [-0.4, -0.2) is 23.5 Å². The third-order valence-electron chi connectivity index (χ3n) is 5.37. The second-order valence-corrected chi connectivity index (χ2v) is 7.88. The molecule has 0 saturated carbocycles. The Bertz CT molecular complexity index is 1380. The predicted molar refractivity (Wildman–Crippen MR) is 123 cm³/mol. The molecule has 0 atom stereocenters. The van der Waals surface area contributed by atoms with Crippen molar-refractivity contribution >= 4 is 40.0 Å². The van der Waals surface area contributed by atoms with Crippen LogP contribution in [0.3, 0.4) is 0 Å².